The third-order valence-corrected chi connectivity index (χ3v) is 2.03. The molecule has 0 radical (unpaired) electrons. The van der Waals surface area contributed by atoms with Crippen molar-refractivity contribution >= 4 is 0 Å². The SMILES string of the molecule is Fc1ccc[n+](Cc2ccccc2)c1. The monoisotopic (exact) mass is 188 g/mol. The predicted molar refractivity (Wildman–Crippen MR) is 52.1 cm³/mol. The first-order chi connectivity index (χ1) is 6.84. The van der Waals surface area contributed by atoms with E-state index in [1.54, 1.807) is 6.07 Å². The second-order valence-corrected chi connectivity index (χ2v) is 3.18. The Kier molecular flexibility index (Phi) is 2.54. The molecule has 0 saturated carbocycles. The van der Waals surface area contributed by atoms with Crippen LogP contribution in [0.5, 0.6) is 0 Å². The van der Waals surface area contributed by atoms with Crippen molar-refractivity contribution in [1.82, 2.24) is 0 Å². The zero-order valence-electron chi connectivity index (χ0n) is 7.73. The van der Waals surface area contributed by atoms with Gasteiger partial charge in [-0.3, -0.25) is 0 Å². The fourth-order valence-electron chi connectivity index (χ4n) is 1.38. The molecular formula is C12H11FN+. The molecule has 0 fully saturated rings. The summed E-state index contributed by atoms with van der Waals surface area (Å²) in [4.78, 5) is 0. The fraction of sp³-hybridized carbons (Fsp3) is 0.0833. The molecule has 2 rings (SSSR count). The van der Waals surface area contributed by atoms with E-state index in [-0.39, 0.29) is 5.82 Å². The van der Waals surface area contributed by atoms with Gasteiger partial charge < -0.3 is 0 Å². The second-order valence-electron chi connectivity index (χ2n) is 3.18. The molecule has 0 bridgehead atoms. The number of hydrogen-bond donors (Lipinski definition) is 0. The second kappa shape index (κ2) is 4.01. The van der Waals surface area contributed by atoms with Gasteiger partial charge in [0.15, 0.2) is 18.6 Å². The van der Waals surface area contributed by atoms with E-state index in [9.17, 15) is 4.39 Å². The van der Waals surface area contributed by atoms with Gasteiger partial charge in [0.05, 0.1) is 0 Å². The van der Waals surface area contributed by atoms with Gasteiger partial charge in [-0.1, -0.05) is 30.3 Å². The van der Waals surface area contributed by atoms with Crippen LogP contribution in [-0.2, 0) is 6.54 Å². The Balaban J connectivity index is 2.19. The molecule has 1 aromatic carbocycles. The summed E-state index contributed by atoms with van der Waals surface area (Å²) < 4.78 is 14.7. The zero-order valence-corrected chi connectivity index (χ0v) is 7.73. The Labute approximate surface area is 82.4 Å². The van der Waals surface area contributed by atoms with E-state index in [2.05, 4.69) is 0 Å². The minimum Gasteiger partial charge on any atom is -0.200 e. The molecule has 0 atom stereocenters. The lowest BCUT2D eigenvalue weighted by Gasteiger charge is -1.96. The summed E-state index contributed by atoms with van der Waals surface area (Å²) in [6, 6.07) is 13.1. The summed E-state index contributed by atoms with van der Waals surface area (Å²) in [5.74, 6) is -0.205. The average Bonchev–Trinajstić information content (AvgIpc) is 2.19. The molecule has 2 aromatic rings. The van der Waals surface area contributed by atoms with Crippen LogP contribution in [0.3, 0.4) is 0 Å². The summed E-state index contributed by atoms with van der Waals surface area (Å²) in [6.07, 6.45) is 3.35. The standard InChI is InChI=1S/C12H11FN/c13-12-7-4-8-14(10-12)9-11-5-2-1-3-6-11/h1-8,10H,9H2/q+1. The summed E-state index contributed by atoms with van der Waals surface area (Å²) in [5, 5.41) is 0. The van der Waals surface area contributed by atoms with E-state index in [1.807, 2.05) is 41.1 Å². The van der Waals surface area contributed by atoms with Gasteiger partial charge in [-0.2, -0.15) is 4.57 Å². The van der Waals surface area contributed by atoms with E-state index >= 15 is 0 Å². The van der Waals surface area contributed by atoms with Gasteiger partial charge in [0.25, 0.3) is 0 Å². The molecule has 0 saturated heterocycles. The summed E-state index contributed by atoms with van der Waals surface area (Å²) in [5.41, 5.74) is 1.17. The minimum absolute atomic E-state index is 0.205. The Morgan fingerprint density at radius 3 is 2.50 bits per heavy atom. The molecule has 0 aliphatic carbocycles. The Morgan fingerprint density at radius 2 is 1.79 bits per heavy atom. The van der Waals surface area contributed by atoms with E-state index < -0.39 is 0 Å². The first-order valence-electron chi connectivity index (χ1n) is 4.53. The number of nitrogens with zero attached hydrogens (tertiary/aromatic N) is 1. The van der Waals surface area contributed by atoms with Crippen molar-refractivity contribution in [1.29, 1.82) is 0 Å². The van der Waals surface area contributed by atoms with E-state index in [4.69, 9.17) is 0 Å². The molecule has 1 nitrogen and oxygen atoms in total. The van der Waals surface area contributed by atoms with Gasteiger partial charge in [-0.15, -0.1) is 0 Å². The number of rotatable bonds is 2. The van der Waals surface area contributed by atoms with Crippen LogP contribution >= 0.6 is 0 Å². The minimum atomic E-state index is -0.205. The number of aromatic nitrogens is 1. The number of pyridine rings is 1. The molecule has 0 N–H and O–H groups in total. The molecule has 0 aliphatic heterocycles. The molecule has 1 aromatic heterocycles. The Bertz CT molecular complexity index is 412. The molecule has 0 spiro atoms. The lowest BCUT2D eigenvalue weighted by atomic mass is 10.2. The molecule has 2 heteroatoms. The van der Waals surface area contributed by atoms with Crippen LogP contribution in [0, 0.1) is 5.82 Å². The van der Waals surface area contributed by atoms with Crippen molar-refractivity contribution in [3.63, 3.8) is 0 Å². The van der Waals surface area contributed by atoms with Crippen LogP contribution < -0.4 is 4.57 Å². The van der Waals surface area contributed by atoms with Crippen LogP contribution in [0.1, 0.15) is 5.56 Å². The highest BCUT2D eigenvalue weighted by Crippen LogP contribution is 1.97. The Morgan fingerprint density at radius 1 is 1.00 bits per heavy atom. The normalized spacial score (nSPS) is 10.1. The third kappa shape index (κ3) is 2.16. The Hall–Kier alpha value is -1.70. The highest BCUT2D eigenvalue weighted by atomic mass is 19.1. The van der Waals surface area contributed by atoms with Crippen LogP contribution in [0.25, 0.3) is 0 Å². The highest BCUT2D eigenvalue weighted by molar-refractivity contribution is 5.13. The zero-order chi connectivity index (χ0) is 9.80. The summed E-state index contributed by atoms with van der Waals surface area (Å²) >= 11 is 0. The number of benzene rings is 1. The van der Waals surface area contributed by atoms with Crippen LogP contribution in [0.4, 0.5) is 4.39 Å². The van der Waals surface area contributed by atoms with E-state index in [0.717, 1.165) is 0 Å². The first kappa shape index (κ1) is 8.88. The van der Waals surface area contributed by atoms with Crippen molar-refractivity contribution in [2.24, 2.45) is 0 Å². The molecule has 0 amide bonds. The lowest BCUT2D eigenvalue weighted by molar-refractivity contribution is -0.689. The smallest absolute Gasteiger partial charge is 0.200 e. The molecule has 14 heavy (non-hydrogen) atoms. The fourth-order valence-corrected chi connectivity index (χ4v) is 1.38. The third-order valence-electron chi connectivity index (χ3n) is 2.03. The van der Waals surface area contributed by atoms with Crippen LogP contribution in [-0.4, -0.2) is 0 Å². The van der Waals surface area contributed by atoms with Gasteiger partial charge in [0.2, 0.25) is 6.20 Å². The van der Waals surface area contributed by atoms with Crippen molar-refractivity contribution in [2.75, 3.05) is 0 Å². The van der Waals surface area contributed by atoms with Crippen molar-refractivity contribution in [2.45, 2.75) is 6.54 Å². The van der Waals surface area contributed by atoms with Gasteiger partial charge >= 0.3 is 0 Å². The first-order valence-corrected chi connectivity index (χ1v) is 4.53. The number of halogens is 1. The van der Waals surface area contributed by atoms with Gasteiger partial charge in [-0.25, -0.2) is 4.39 Å². The topological polar surface area (TPSA) is 3.88 Å². The molecule has 0 aliphatic rings. The van der Waals surface area contributed by atoms with Crippen LogP contribution in [0.2, 0.25) is 0 Å². The van der Waals surface area contributed by atoms with Gasteiger partial charge in [0.1, 0.15) is 0 Å². The largest absolute Gasteiger partial charge is 0.205 e. The van der Waals surface area contributed by atoms with E-state index in [1.165, 1.54) is 17.8 Å². The maximum atomic E-state index is 12.8. The molecule has 1 heterocycles. The number of hydrogen-bond acceptors (Lipinski definition) is 0. The van der Waals surface area contributed by atoms with E-state index in [0.29, 0.717) is 6.54 Å². The average molecular weight is 188 g/mol. The van der Waals surface area contributed by atoms with Crippen LogP contribution in [0.15, 0.2) is 54.9 Å². The molecular weight excluding hydrogens is 177 g/mol. The van der Waals surface area contributed by atoms with Crippen molar-refractivity contribution in [3.8, 4) is 0 Å². The molecule has 0 unspecified atom stereocenters. The maximum Gasteiger partial charge on any atom is 0.205 e. The van der Waals surface area contributed by atoms with Gasteiger partial charge in [-0.05, 0) is 6.07 Å². The van der Waals surface area contributed by atoms with Crippen molar-refractivity contribution in [3.05, 3.63) is 66.2 Å². The van der Waals surface area contributed by atoms with Crippen molar-refractivity contribution < 1.29 is 8.96 Å². The maximum absolute atomic E-state index is 12.8. The quantitative estimate of drug-likeness (QED) is 0.636. The molecule has 70 valence electrons. The summed E-state index contributed by atoms with van der Waals surface area (Å²) in [6.45, 7) is 0.707. The predicted octanol–water partition coefficient (Wildman–Crippen LogP) is 2.16. The highest BCUT2D eigenvalue weighted by Gasteiger charge is 2.02. The lowest BCUT2D eigenvalue weighted by Crippen LogP contribution is -2.33. The van der Waals surface area contributed by atoms with Gasteiger partial charge in [0, 0.05) is 11.6 Å². The summed E-state index contributed by atoms with van der Waals surface area (Å²) in [7, 11) is 0.